The molecule has 0 saturated heterocycles. The molecule has 4 aromatic rings. The molecule has 154 valence electrons. The molecule has 1 N–H and O–H groups in total. The number of nitrogens with zero attached hydrogens (tertiary/aromatic N) is 6. The maximum Gasteiger partial charge on any atom is 0.225 e. The second-order valence-corrected chi connectivity index (χ2v) is 8.73. The van der Waals surface area contributed by atoms with Crippen molar-refractivity contribution in [2.45, 2.75) is 32.0 Å². The third kappa shape index (κ3) is 4.60. The van der Waals surface area contributed by atoms with Crippen LogP contribution in [0.4, 0.5) is 5.69 Å². The van der Waals surface area contributed by atoms with Gasteiger partial charge in [0.2, 0.25) is 11.1 Å². The van der Waals surface area contributed by atoms with Crippen molar-refractivity contribution in [2.24, 2.45) is 0 Å². The summed E-state index contributed by atoms with van der Waals surface area (Å²) in [7, 11) is 0. The lowest BCUT2D eigenvalue weighted by molar-refractivity contribution is -0.115. The number of amides is 1. The van der Waals surface area contributed by atoms with Gasteiger partial charge in [0.15, 0.2) is 0 Å². The molecule has 0 saturated carbocycles. The van der Waals surface area contributed by atoms with Gasteiger partial charge < -0.3 is 5.32 Å². The SMILES string of the molecule is Cc1nn(-c2ccccc2)c(C)c1NC(=O)CCSc1nnnn1Cc1cccs1. The molecule has 3 heterocycles. The van der Waals surface area contributed by atoms with Crippen LogP contribution in [0.15, 0.2) is 53.0 Å². The number of aromatic nitrogens is 6. The second kappa shape index (κ2) is 9.23. The maximum absolute atomic E-state index is 12.5. The van der Waals surface area contributed by atoms with Gasteiger partial charge in [-0.15, -0.1) is 16.4 Å². The first-order valence-electron chi connectivity index (χ1n) is 9.44. The quantitative estimate of drug-likeness (QED) is 0.421. The highest BCUT2D eigenvalue weighted by Gasteiger charge is 2.16. The number of thiophene rings is 1. The number of carbonyl (C=O) groups is 1. The maximum atomic E-state index is 12.5. The predicted molar refractivity (Wildman–Crippen MR) is 118 cm³/mol. The van der Waals surface area contributed by atoms with Gasteiger partial charge in [0.1, 0.15) is 0 Å². The summed E-state index contributed by atoms with van der Waals surface area (Å²) in [5, 5.41) is 22.2. The summed E-state index contributed by atoms with van der Waals surface area (Å²) in [6, 6.07) is 13.9. The third-order valence-corrected chi connectivity index (χ3v) is 6.32. The van der Waals surface area contributed by atoms with E-state index in [2.05, 4.69) is 32.0 Å². The first-order chi connectivity index (χ1) is 14.6. The van der Waals surface area contributed by atoms with Crippen LogP contribution in [0.1, 0.15) is 22.7 Å². The van der Waals surface area contributed by atoms with Gasteiger partial charge in [0, 0.05) is 17.1 Å². The van der Waals surface area contributed by atoms with Gasteiger partial charge >= 0.3 is 0 Å². The lowest BCUT2D eigenvalue weighted by Crippen LogP contribution is -2.14. The van der Waals surface area contributed by atoms with Crippen LogP contribution in [-0.2, 0) is 11.3 Å². The van der Waals surface area contributed by atoms with Gasteiger partial charge in [-0.2, -0.15) is 5.10 Å². The van der Waals surface area contributed by atoms with Gasteiger partial charge in [-0.05, 0) is 47.9 Å². The van der Waals surface area contributed by atoms with Crippen molar-refractivity contribution in [3.8, 4) is 5.69 Å². The van der Waals surface area contributed by atoms with E-state index in [1.807, 2.05) is 60.3 Å². The number of hydrogen-bond donors (Lipinski definition) is 1. The van der Waals surface area contributed by atoms with E-state index in [-0.39, 0.29) is 5.91 Å². The number of carbonyl (C=O) groups excluding carboxylic acids is 1. The van der Waals surface area contributed by atoms with Crippen molar-refractivity contribution in [1.29, 1.82) is 0 Å². The Hall–Kier alpha value is -2.98. The number of anilines is 1. The Bertz CT molecular complexity index is 1120. The summed E-state index contributed by atoms with van der Waals surface area (Å²) in [5.41, 5.74) is 3.42. The number of para-hydroxylation sites is 1. The Balaban J connectivity index is 1.34. The molecule has 0 fully saturated rings. The second-order valence-electron chi connectivity index (χ2n) is 6.64. The molecule has 0 bridgehead atoms. The Morgan fingerprint density at radius 2 is 2.00 bits per heavy atom. The minimum atomic E-state index is -0.0569. The molecule has 0 aliphatic rings. The molecule has 30 heavy (non-hydrogen) atoms. The highest BCUT2D eigenvalue weighted by Crippen LogP contribution is 2.23. The number of rotatable bonds is 8. The van der Waals surface area contributed by atoms with Crippen LogP contribution in [0.3, 0.4) is 0 Å². The van der Waals surface area contributed by atoms with Crippen molar-refractivity contribution in [2.75, 3.05) is 11.1 Å². The van der Waals surface area contributed by atoms with Crippen LogP contribution in [-0.4, -0.2) is 41.6 Å². The van der Waals surface area contributed by atoms with Crippen molar-refractivity contribution >= 4 is 34.7 Å². The number of hydrogen-bond acceptors (Lipinski definition) is 7. The molecular weight excluding hydrogens is 418 g/mol. The van der Waals surface area contributed by atoms with Crippen LogP contribution in [0.2, 0.25) is 0 Å². The normalized spacial score (nSPS) is 11.0. The van der Waals surface area contributed by atoms with Crippen molar-refractivity contribution < 1.29 is 4.79 Å². The Labute approximate surface area is 182 Å². The average molecular weight is 440 g/mol. The fourth-order valence-electron chi connectivity index (χ4n) is 3.03. The number of tetrazole rings is 1. The summed E-state index contributed by atoms with van der Waals surface area (Å²) in [6.45, 7) is 4.49. The van der Waals surface area contributed by atoms with Crippen LogP contribution in [0.5, 0.6) is 0 Å². The number of nitrogens with one attached hydrogen (secondary N) is 1. The highest BCUT2D eigenvalue weighted by molar-refractivity contribution is 7.99. The number of benzene rings is 1. The fraction of sp³-hybridized carbons (Fsp3) is 0.250. The first-order valence-corrected chi connectivity index (χ1v) is 11.3. The van der Waals surface area contributed by atoms with Gasteiger partial charge in [0.05, 0.1) is 29.3 Å². The minimum Gasteiger partial charge on any atom is -0.323 e. The molecule has 0 aliphatic carbocycles. The zero-order valence-corrected chi connectivity index (χ0v) is 18.3. The van der Waals surface area contributed by atoms with Crippen molar-refractivity contribution in [3.63, 3.8) is 0 Å². The molecule has 0 unspecified atom stereocenters. The molecule has 8 nitrogen and oxygen atoms in total. The molecule has 0 aliphatic heterocycles. The zero-order chi connectivity index (χ0) is 20.9. The van der Waals surface area contributed by atoms with Crippen LogP contribution in [0, 0.1) is 13.8 Å². The first kappa shape index (κ1) is 20.3. The van der Waals surface area contributed by atoms with E-state index in [4.69, 9.17) is 0 Å². The molecular formula is C20H21N7OS2. The van der Waals surface area contributed by atoms with Gasteiger partial charge in [-0.25, -0.2) is 9.36 Å². The molecule has 0 spiro atoms. The summed E-state index contributed by atoms with van der Waals surface area (Å²) in [5.74, 6) is 0.528. The predicted octanol–water partition coefficient (Wildman–Crippen LogP) is 3.71. The van der Waals surface area contributed by atoms with Crippen molar-refractivity contribution in [3.05, 3.63) is 64.1 Å². The number of aryl methyl sites for hydroxylation is 1. The van der Waals surface area contributed by atoms with Crippen LogP contribution in [0.25, 0.3) is 5.69 Å². The summed E-state index contributed by atoms with van der Waals surface area (Å²) >= 11 is 3.14. The monoisotopic (exact) mass is 439 g/mol. The molecule has 0 radical (unpaired) electrons. The van der Waals surface area contributed by atoms with Crippen molar-refractivity contribution in [1.82, 2.24) is 30.0 Å². The topological polar surface area (TPSA) is 90.5 Å². The largest absolute Gasteiger partial charge is 0.323 e. The van der Waals surface area contributed by atoms with Crippen LogP contribution >= 0.6 is 23.1 Å². The molecule has 1 aromatic carbocycles. The van der Waals surface area contributed by atoms with Gasteiger partial charge in [-0.3, -0.25) is 4.79 Å². The van der Waals surface area contributed by atoms with E-state index in [1.165, 1.54) is 16.6 Å². The highest BCUT2D eigenvalue weighted by atomic mass is 32.2. The lowest BCUT2D eigenvalue weighted by atomic mass is 10.3. The molecule has 10 heteroatoms. The molecule has 3 aromatic heterocycles. The summed E-state index contributed by atoms with van der Waals surface area (Å²) < 4.78 is 3.60. The van der Waals surface area contributed by atoms with E-state index in [0.29, 0.717) is 23.9 Å². The van der Waals surface area contributed by atoms with E-state index >= 15 is 0 Å². The standard InChI is InChI=1S/C20H21N7OS2/c1-14-19(15(2)27(23-14)16-7-4-3-5-8-16)21-18(28)10-12-30-20-22-24-25-26(20)13-17-9-6-11-29-17/h3-9,11H,10,12-13H2,1-2H3,(H,21,28). The zero-order valence-electron chi connectivity index (χ0n) is 16.6. The number of thioether (sulfide) groups is 1. The Kier molecular flexibility index (Phi) is 6.24. The minimum absolute atomic E-state index is 0.0569. The average Bonchev–Trinajstić information content (AvgIpc) is 3.48. The van der Waals surface area contributed by atoms with Gasteiger partial charge in [-0.1, -0.05) is 36.0 Å². The molecule has 1 amide bonds. The summed E-state index contributed by atoms with van der Waals surface area (Å²) in [6.07, 6.45) is 0.353. The lowest BCUT2D eigenvalue weighted by Gasteiger charge is -2.07. The molecule has 4 rings (SSSR count). The Morgan fingerprint density at radius 3 is 2.77 bits per heavy atom. The van der Waals surface area contributed by atoms with Crippen LogP contribution < -0.4 is 5.32 Å². The molecule has 0 atom stereocenters. The Morgan fingerprint density at radius 1 is 1.17 bits per heavy atom. The van der Waals surface area contributed by atoms with E-state index in [0.717, 1.165) is 22.8 Å². The van der Waals surface area contributed by atoms with Gasteiger partial charge in [0.25, 0.3) is 0 Å². The van der Waals surface area contributed by atoms with E-state index in [9.17, 15) is 4.79 Å². The van der Waals surface area contributed by atoms with E-state index < -0.39 is 0 Å². The van der Waals surface area contributed by atoms with E-state index in [1.54, 1.807) is 16.0 Å². The third-order valence-electron chi connectivity index (χ3n) is 4.50. The smallest absolute Gasteiger partial charge is 0.225 e. The summed E-state index contributed by atoms with van der Waals surface area (Å²) in [4.78, 5) is 13.7. The fourth-order valence-corrected chi connectivity index (χ4v) is 4.53.